The maximum absolute atomic E-state index is 6.01. The molecule has 5 heteroatoms. The first-order valence-corrected chi connectivity index (χ1v) is 8.05. The predicted molar refractivity (Wildman–Crippen MR) is 88.7 cm³/mol. The van der Waals surface area contributed by atoms with Gasteiger partial charge in [-0.15, -0.1) is 0 Å². The molecule has 2 aromatic heterocycles. The lowest BCUT2D eigenvalue weighted by Crippen LogP contribution is -2.40. The van der Waals surface area contributed by atoms with Crippen LogP contribution in [0.5, 0.6) is 0 Å². The monoisotopic (exact) mass is 297 g/mol. The van der Waals surface area contributed by atoms with Crippen LogP contribution in [-0.4, -0.2) is 34.1 Å². The van der Waals surface area contributed by atoms with Crippen molar-refractivity contribution >= 4 is 5.82 Å². The molecule has 5 nitrogen and oxygen atoms in total. The molecule has 1 fully saturated rings. The van der Waals surface area contributed by atoms with E-state index >= 15 is 0 Å². The second-order valence-corrected chi connectivity index (χ2v) is 5.86. The molecule has 0 unspecified atom stereocenters. The lowest BCUT2D eigenvalue weighted by molar-refractivity contribution is 0.498. The van der Waals surface area contributed by atoms with Crippen LogP contribution in [0.15, 0.2) is 30.6 Å². The summed E-state index contributed by atoms with van der Waals surface area (Å²) in [7, 11) is 0. The highest BCUT2D eigenvalue weighted by molar-refractivity contribution is 5.57. The largest absolute Gasteiger partial charge is 0.356 e. The lowest BCUT2D eigenvalue weighted by Gasteiger charge is -2.31. The van der Waals surface area contributed by atoms with Crippen molar-refractivity contribution in [2.24, 2.45) is 5.73 Å². The summed E-state index contributed by atoms with van der Waals surface area (Å²) in [5.41, 5.74) is 8.07. The van der Waals surface area contributed by atoms with Gasteiger partial charge in [0.15, 0.2) is 5.82 Å². The van der Waals surface area contributed by atoms with Crippen LogP contribution in [0.4, 0.5) is 5.82 Å². The van der Waals surface area contributed by atoms with E-state index in [1.54, 1.807) is 6.20 Å². The number of anilines is 1. The van der Waals surface area contributed by atoms with Gasteiger partial charge in [0, 0.05) is 48.8 Å². The summed E-state index contributed by atoms with van der Waals surface area (Å²) in [6, 6.07) is 6.38. The fourth-order valence-electron chi connectivity index (χ4n) is 2.78. The number of piperidine rings is 1. The molecule has 3 rings (SSSR count). The molecule has 22 heavy (non-hydrogen) atoms. The Balaban J connectivity index is 1.93. The molecular weight excluding hydrogens is 274 g/mol. The second-order valence-electron chi connectivity index (χ2n) is 5.86. The van der Waals surface area contributed by atoms with Crippen molar-refractivity contribution in [2.75, 3.05) is 18.0 Å². The summed E-state index contributed by atoms with van der Waals surface area (Å²) >= 11 is 0. The van der Waals surface area contributed by atoms with E-state index in [-0.39, 0.29) is 0 Å². The molecule has 0 radical (unpaired) electrons. The zero-order valence-corrected chi connectivity index (χ0v) is 13.1. The average Bonchev–Trinajstić information content (AvgIpc) is 2.56. The molecule has 1 aliphatic heterocycles. The van der Waals surface area contributed by atoms with E-state index in [2.05, 4.69) is 22.9 Å². The van der Waals surface area contributed by atoms with Crippen LogP contribution >= 0.6 is 0 Å². The van der Waals surface area contributed by atoms with Crippen molar-refractivity contribution in [1.29, 1.82) is 0 Å². The van der Waals surface area contributed by atoms with Gasteiger partial charge >= 0.3 is 0 Å². The van der Waals surface area contributed by atoms with Gasteiger partial charge < -0.3 is 10.6 Å². The molecular formula is C17H23N5. The number of nitrogens with two attached hydrogens (primary N) is 1. The van der Waals surface area contributed by atoms with Crippen LogP contribution in [0.1, 0.15) is 31.9 Å². The summed E-state index contributed by atoms with van der Waals surface area (Å²) in [5.74, 6) is 1.79. The van der Waals surface area contributed by atoms with Crippen LogP contribution in [0.25, 0.3) is 11.4 Å². The molecule has 3 heterocycles. The van der Waals surface area contributed by atoms with E-state index in [1.807, 2.05) is 18.3 Å². The summed E-state index contributed by atoms with van der Waals surface area (Å²) in [5, 5.41) is 0. The first-order valence-electron chi connectivity index (χ1n) is 8.05. The van der Waals surface area contributed by atoms with Gasteiger partial charge in [-0.2, -0.15) is 0 Å². The van der Waals surface area contributed by atoms with Crippen molar-refractivity contribution in [2.45, 2.75) is 38.6 Å². The first kappa shape index (κ1) is 14.9. The number of pyridine rings is 1. The third-order valence-corrected chi connectivity index (χ3v) is 4.06. The van der Waals surface area contributed by atoms with E-state index in [9.17, 15) is 0 Å². The quantitative estimate of drug-likeness (QED) is 0.938. The molecule has 1 aliphatic rings. The van der Waals surface area contributed by atoms with Gasteiger partial charge in [0.2, 0.25) is 0 Å². The molecule has 0 saturated carbocycles. The zero-order chi connectivity index (χ0) is 15.4. The van der Waals surface area contributed by atoms with Crippen LogP contribution in [-0.2, 0) is 6.42 Å². The first-order chi connectivity index (χ1) is 10.8. The van der Waals surface area contributed by atoms with Crippen LogP contribution in [0, 0.1) is 0 Å². The van der Waals surface area contributed by atoms with Crippen LogP contribution in [0.3, 0.4) is 0 Å². The summed E-state index contributed by atoms with van der Waals surface area (Å²) in [6.07, 6.45) is 7.68. The molecule has 2 N–H and O–H groups in total. The molecule has 0 atom stereocenters. The summed E-state index contributed by atoms with van der Waals surface area (Å²) < 4.78 is 0. The highest BCUT2D eigenvalue weighted by Gasteiger charge is 2.19. The SMILES string of the molecule is CCCc1cc(N2CCC(N)CC2)nc(-c2cccnc2)n1. The van der Waals surface area contributed by atoms with Crippen molar-refractivity contribution in [3.63, 3.8) is 0 Å². The number of hydrogen-bond donors (Lipinski definition) is 1. The maximum Gasteiger partial charge on any atom is 0.163 e. The molecule has 0 aliphatic carbocycles. The van der Waals surface area contributed by atoms with Gasteiger partial charge in [-0.1, -0.05) is 13.3 Å². The second kappa shape index (κ2) is 6.83. The van der Waals surface area contributed by atoms with Crippen LogP contribution < -0.4 is 10.6 Å². The Hall–Kier alpha value is -2.01. The topological polar surface area (TPSA) is 67.9 Å². The summed E-state index contributed by atoms with van der Waals surface area (Å²) in [6.45, 7) is 4.11. The molecule has 1 saturated heterocycles. The molecule has 0 aromatic carbocycles. The van der Waals surface area contributed by atoms with Gasteiger partial charge in [0.1, 0.15) is 5.82 Å². The van der Waals surface area contributed by atoms with Crippen molar-refractivity contribution < 1.29 is 0 Å². The van der Waals surface area contributed by atoms with Gasteiger partial charge in [-0.3, -0.25) is 4.98 Å². The fourth-order valence-corrected chi connectivity index (χ4v) is 2.78. The fraction of sp³-hybridized carbons (Fsp3) is 0.471. The highest BCUT2D eigenvalue weighted by atomic mass is 15.2. The lowest BCUT2D eigenvalue weighted by atomic mass is 10.1. The Labute approximate surface area is 131 Å². The zero-order valence-electron chi connectivity index (χ0n) is 13.1. The van der Waals surface area contributed by atoms with Gasteiger partial charge in [0.25, 0.3) is 0 Å². The average molecular weight is 297 g/mol. The van der Waals surface area contributed by atoms with Gasteiger partial charge in [0.05, 0.1) is 0 Å². The molecule has 0 bridgehead atoms. The van der Waals surface area contributed by atoms with E-state index < -0.39 is 0 Å². The third kappa shape index (κ3) is 3.42. The Bertz CT molecular complexity index is 606. The van der Waals surface area contributed by atoms with Crippen molar-refractivity contribution in [3.8, 4) is 11.4 Å². The van der Waals surface area contributed by atoms with Gasteiger partial charge in [-0.25, -0.2) is 9.97 Å². The normalized spacial score (nSPS) is 16.0. The van der Waals surface area contributed by atoms with E-state index in [1.165, 1.54) is 0 Å². The van der Waals surface area contributed by atoms with E-state index in [4.69, 9.17) is 15.7 Å². The summed E-state index contributed by atoms with van der Waals surface area (Å²) in [4.78, 5) is 16.0. The van der Waals surface area contributed by atoms with Crippen molar-refractivity contribution in [1.82, 2.24) is 15.0 Å². The number of aromatic nitrogens is 3. The number of aryl methyl sites for hydroxylation is 1. The van der Waals surface area contributed by atoms with E-state index in [0.29, 0.717) is 6.04 Å². The smallest absolute Gasteiger partial charge is 0.163 e. The number of rotatable bonds is 4. The Morgan fingerprint density at radius 3 is 2.77 bits per heavy atom. The maximum atomic E-state index is 6.01. The Morgan fingerprint density at radius 1 is 1.27 bits per heavy atom. The minimum absolute atomic E-state index is 0.325. The Morgan fingerprint density at radius 2 is 2.09 bits per heavy atom. The molecule has 0 amide bonds. The number of hydrogen-bond acceptors (Lipinski definition) is 5. The third-order valence-electron chi connectivity index (χ3n) is 4.06. The number of nitrogens with zero attached hydrogens (tertiary/aromatic N) is 4. The molecule has 116 valence electrons. The minimum Gasteiger partial charge on any atom is -0.356 e. The molecule has 0 spiro atoms. The van der Waals surface area contributed by atoms with Crippen LogP contribution in [0.2, 0.25) is 0 Å². The van der Waals surface area contributed by atoms with Gasteiger partial charge in [-0.05, 0) is 31.4 Å². The van der Waals surface area contributed by atoms with Crippen molar-refractivity contribution in [3.05, 3.63) is 36.3 Å². The minimum atomic E-state index is 0.325. The molecule has 2 aromatic rings. The standard InChI is InChI=1S/C17H23N5/c1-2-4-15-11-16(22-9-6-14(18)7-10-22)21-17(20-15)13-5-3-8-19-12-13/h3,5,8,11-12,14H,2,4,6-7,9-10,18H2,1H3. The Kier molecular flexibility index (Phi) is 4.63. The highest BCUT2D eigenvalue weighted by Crippen LogP contribution is 2.22. The van der Waals surface area contributed by atoms with E-state index in [0.717, 1.165) is 61.7 Å². The predicted octanol–water partition coefficient (Wildman–Crippen LogP) is 2.42.